The smallest absolute Gasteiger partial charge is 0.204 e. The van der Waals surface area contributed by atoms with Crippen LogP contribution in [0.5, 0.6) is 0 Å². The van der Waals surface area contributed by atoms with E-state index >= 15 is 0 Å². The Kier molecular flexibility index (Phi) is 2.98. The molecule has 2 nitrogen and oxygen atoms in total. The molecule has 2 aromatic rings. The van der Waals surface area contributed by atoms with Crippen molar-refractivity contribution < 1.29 is 4.79 Å². The molecule has 0 amide bonds. The SMILES string of the molecule is Cc1ccsc1C(=O)c1cncc(Br)c1. The second kappa shape index (κ2) is 4.24. The summed E-state index contributed by atoms with van der Waals surface area (Å²) in [5, 5.41) is 1.92. The molecule has 0 aliphatic heterocycles. The maximum atomic E-state index is 12.0. The Morgan fingerprint density at radius 1 is 1.47 bits per heavy atom. The molecule has 0 atom stereocenters. The van der Waals surface area contributed by atoms with Gasteiger partial charge in [-0.15, -0.1) is 11.3 Å². The first-order chi connectivity index (χ1) is 7.18. The molecule has 0 aliphatic carbocycles. The van der Waals surface area contributed by atoms with Crippen LogP contribution in [0.2, 0.25) is 0 Å². The van der Waals surface area contributed by atoms with E-state index in [9.17, 15) is 4.79 Å². The lowest BCUT2D eigenvalue weighted by molar-refractivity contribution is 0.104. The van der Waals surface area contributed by atoms with Crippen molar-refractivity contribution in [3.05, 3.63) is 50.4 Å². The van der Waals surface area contributed by atoms with E-state index in [1.807, 2.05) is 18.4 Å². The Morgan fingerprint density at radius 2 is 2.27 bits per heavy atom. The summed E-state index contributed by atoms with van der Waals surface area (Å²) in [4.78, 5) is 16.8. The fourth-order valence-corrected chi connectivity index (χ4v) is 2.52. The quantitative estimate of drug-likeness (QED) is 0.790. The van der Waals surface area contributed by atoms with Gasteiger partial charge in [-0.25, -0.2) is 0 Å². The minimum atomic E-state index is 0.0382. The van der Waals surface area contributed by atoms with Crippen LogP contribution in [0.15, 0.2) is 34.4 Å². The summed E-state index contributed by atoms with van der Waals surface area (Å²) in [7, 11) is 0. The number of carbonyl (C=O) groups excluding carboxylic acids is 1. The standard InChI is InChI=1S/C11H8BrNOS/c1-7-2-3-15-11(7)10(14)8-4-9(12)6-13-5-8/h2-6H,1H3. The van der Waals surface area contributed by atoms with Gasteiger partial charge in [-0.2, -0.15) is 0 Å². The van der Waals surface area contributed by atoms with Crippen LogP contribution in [0.1, 0.15) is 20.8 Å². The van der Waals surface area contributed by atoms with Crippen molar-refractivity contribution in [3.63, 3.8) is 0 Å². The van der Waals surface area contributed by atoms with Gasteiger partial charge in [0, 0.05) is 22.4 Å². The maximum Gasteiger partial charge on any atom is 0.204 e. The van der Waals surface area contributed by atoms with Gasteiger partial charge in [0.05, 0.1) is 4.88 Å². The van der Waals surface area contributed by atoms with Gasteiger partial charge in [0.25, 0.3) is 0 Å². The number of hydrogen-bond donors (Lipinski definition) is 0. The number of thiophene rings is 1. The summed E-state index contributed by atoms with van der Waals surface area (Å²) in [5.74, 6) is 0.0382. The average molecular weight is 282 g/mol. The van der Waals surface area contributed by atoms with E-state index < -0.39 is 0 Å². The average Bonchev–Trinajstić information content (AvgIpc) is 2.63. The number of aromatic nitrogens is 1. The zero-order valence-corrected chi connectivity index (χ0v) is 10.4. The Bertz CT molecular complexity index is 507. The van der Waals surface area contributed by atoms with E-state index in [1.54, 1.807) is 18.5 Å². The lowest BCUT2D eigenvalue weighted by Gasteiger charge is -1.99. The third kappa shape index (κ3) is 2.16. The Labute approximate surface area is 100 Å². The van der Waals surface area contributed by atoms with Crippen LogP contribution in [0.4, 0.5) is 0 Å². The van der Waals surface area contributed by atoms with Crippen LogP contribution >= 0.6 is 27.3 Å². The van der Waals surface area contributed by atoms with E-state index in [0.717, 1.165) is 14.9 Å². The molecule has 15 heavy (non-hydrogen) atoms. The molecule has 0 spiro atoms. The second-order valence-electron chi connectivity index (χ2n) is 3.15. The molecule has 0 aliphatic rings. The summed E-state index contributed by atoms with van der Waals surface area (Å²) in [6.07, 6.45) is 3.25. The van der Waals surface area contributed by atoms with Gasteiger partial charge in [-0.3, -0.25) is 9.78 Å². The highest BCUT2D eigenvalue weighted by atomic mass is 79.9. The summed E-state index contributed by atoms with van der Waals surface area (Å²) in [5.41, 5.74) is 1.64. The van der Waals surface area contributed by atoms with E-state index in [1.165, 1.54) is 11.3 Å². The third-order valence-electron chi connectivity index (χ3n) is 2.04. The number of rotatable bonds is 2. The zero-order valence-electron chi connectivity index (χ0n) is 8.03. The van der Waals surface area contributed by atoms with Gasteiger partial charge in [-0.1, -0.05) is 0 Å². The van der Waals surface area contributed by atoms with Crippen molar-refractivity contribution in [1.29, 1.82) is 0 Å². The maximum absolute atomic E-state index is 12.0. The van der Waals surface area contributed by atoms with E-state index in [0.29, 0.717) is 5.56 Å². The lowest BCUT2D eigenvalue weighted by atomic mass is 10.1. The van der Waals surface area contributed by atoms with Crippen LogP contribution in [0, 0.1) is 6.92 Å². The van der Waals surface area contributed by atoms with Gasteiger partial charge in [0.15, 0.2) is 0 Å². The molecule has 76 valence electrons. The Hall–Kier alpha value is -1.00. The van der Waals surface area contributed by atoms with E-state index in [-0.39, 0.29) is 5.78 Å². The molecule has 0 saturated carbocycles. The molecular weight excluding hydrogens is 274 g/mol. The van der Waals surface area contributed by atoms with Crippen molar-refractivity contribution in [3.8, 4) is 0 Å². The van der Waals surface area contributed by atoms with Crippen LogP contribution < -0.4 is 0 Å². The molecule has 0 saturated heterocycles. The van der Waals surface area contributed by atoms with Crippen molar-refractivity contribution in [2.24, 2.45) is 0 Å². The molecule has 2 aromatic heterocycles. The highest BCUT2D eigenvalue weighted by molar-refractivity contribution is 9.10. The predicted octanol–water partition coefficient (Wildman–Crippen LogP) is 3.45. The number of carbonyl (C=O) groups is 1. The van der Waals surface area contributed by atoms with Crippen molar-refractivity contribution in [2.75, 3.05) is 0 Å². The number of ketones is 1. The summed E-state index contributed by atoms with van der Waals surface area (Å²) < 4.78 is 0.822. The zero-order chi connectivity index (χ0) is 10.8. The molecule has 0 bridgehead atoms. The highest BCUT2D eigenvalue weighted by Crippen LogP contribution is 2.20. The molecule has 0 aromatic carbocycles. The Morgan fingerprint density at radius 3 is 2.87 bits per heavy atom. The number of aryl methyl sites for hydroxylation is 1. The van der Waals surface area contributed by atoms with Crippen molar-refractivity contribution in [1.82, 2.24) is 4.98 Å². The van der Waals surface area contributed by atoms with Crippen LogP contribution in [0.3, 0.4) is 0 Å². The molecular formula is C11H8BrNOS. The van der Waals surface area contributed by atoms with Gasteiger partial charge < -0.3 is 0 Å². The van der Waals surface area contributed by atoms with Gasteiger partial charge >= 0.3 is 0 Å². The first-order valence-electron chi connectivity index (χ1n) is 4.38. The molecule has 4 heteroatoms. The molecule has 0 fully saturated rings. The highest BCUT2D eigenvalue weighted by Gasteiger charge is 2.13. The topological polar surface area (TPSA) is 30.0 Å². The fraction of sp³-hybridized carbons (Fsp3) is 0.0909. The summed E-state index contributed by atoms with van der Waals surface area (Å²) in [6, 6.07) is 3.73. The Balaban J connectivity index is 2.41. The van der Waals surface area contributed by atoms with E-state index in [2.05, 4.69) is 20.9 Å². The van der Waals surface area contributed by atoms with Crippen LogP contribution in [-0.2, 0) is 0 Å². The number of pyridine rings is 1. The van der Waals surface area contributed by atoms with Crippen LogP contribution in [-0.4, -0.2) is 10.8 Å². The van der Waals surface area contributed by atoms with Gasteiger partial charge in [-0.05, 0) is 45.9 Å². The van der Waals surface area contributed by atoms with Crippen molar-refractivity contribution >= 4 is 33.0 Å². The molecule has 2 heterocycles. The largest absolute Gasteiger partial charge is 0.288 e. The second-order valence-corrected chi connectivity index (χ2v) is 4.99. The van der Waals surface area contributed by atoms with Crippen LogP contribution in [0.25, 0.3) is 0 Å². The predicted molar refractivity (Wildman–Crippen MR) is 64.4 cm³/mol. The first kappa shape index (κ1) is 10.5. The number of halogens is 1. The lowest BCUT2D eigenvalue weighted by Crippen LogP contribution is -2.00. The monoisotopic (exact) mass is 281 g/mol. The molecule has 0 N–H and O–H groups in total. The van der Waals surface area contributed by atoms with Gasteiger partial charge in [0.2, 0.25) is 5.78 Å². The minimum Gasteiger partial charge on any atom is -0.288 e. The molecule has 0 unspecified atom stereocenters. The normalized spacial score (nSPS) is 10.3. The molecule has 2 rings (SSSR count). The van der Waals surface area contributed by atoms with Gasteiger partial charge in [0.1, 0.15) is 0 Å². The summed E-state index contributed by atoms with van der Waals surface area (Å²) >= 11 is 4.77. The fourth-order valence-electron chi connectivity index (χ4n) is 1.27. The minimum absolute atomic E-state index is 0.0382. The first-order valence-corrected chi connectivity index (χ1v) is 6.05. The van der Waals surface area contributed by atoms with E-state index in [4.69, 9.17) is 0 Å². The number of hydrogen-bond acceptors (Lipinski definition) is 3. The summed E-state index contributed by atoms with van der Waals surface area (Å²) in [6.45, 7) is 1.94. The van der Waals surface area contributed by atoms with Crippen molar-refractivity contribution in [2.45, 2.75) is 6.92 Å². The molecule has 0 radical (unpaired) electrons. The number of nitrogens with zero attached hydrogens (tertiary/aromatic N) is 1. The third-order valence-corrected chi connectivity index (χ3v) is 3.48.